The molecule has 13 rings (SSSR count). The molecule has 1 aliphatic carbocycles. The monoisotopic (exact) mass is 917 g/mol. The van der Waals surface area contributed by atoms with Crippen molar-refractivity contribution in [2.24, 2.45) is 0 Å². The number of thiophene rings is 1. The average molecular weight is 918 g/mol. The number of rotatable bonds is 4. The zero-order valence-corrected chi connectivity index (χ0v) is 41.8. The number of thiol groups is 1. The van der Waals surface area contributed by atoms with Crippen LogP contribution in [0.5, 0.6) is 0 Å². The van der Waals surface area contributed by atoms with Gasteiger partial charge in [-0.1, -0.05) is 125 Å². The lowest BCUT2D eigenvalue weighted by atomic mass is 9.33. The van der Waals surface area contributed by atoms with Gasteiger partial charge >= 0.3 is 0 Å². The SMILES string of the molecule is Cc1cc2c3c(c1)N(c1cccc(C)c1-c1ccccc1S)c1ccc(C(C)(C)C)cc1B3c1ccc(N3c4ccccc4C4(C)CCCCC34C)cc1N2c1ccc2sc3ccccc3c2c1. The lowest BCUT2D eigenvalue weighted by Gasteiger charge is -2.50. The summed E-state index contributed by atoms with van der Waals surface area (Å²) >= 11 is 6.97. The maximum Gasteiger partial charge on any atom is 0.252 e. The van der Waals surface area contributed by atoms with Crippen molar-refractivity contribution in [3.63, 3.8) is 0 Å². The number of fused-ring (bicyclic) bond motifs is 10. The van der Waals surface area contributed by atoms with Crippen molar-refractivity contribution in [3.8, 4) is 11.1 Å². The van der Waals surface area contributed by atoms with E-state index in [0.29, 0.717) is 0 Å². The van der Waals surface area contributed by atoms with Crippen molar-refractivity contribution in [3.05, 3.63) is 180 Å². The highest BCUT2D eigenvalue weighted by molar-refractivity contribution is 7.80. The summed E-state index contributed by atoms with van der Waals surface area (Å²) in [6, 6.07) is 60.6. The van der Waals surface area contributed by atoms with Gasteiger partial charge in [-0.2, -0.15) is 0 Å². The zero-order valence-electron chi connectivity index (χ0n) is 40.1. The zero-order chi connectivity index (χ0) is 46.4. The van der Waals surface area contributed by atoms with Crippen LogP contribution >= 0.6 is 24.0 Å². The van der Waals surface area contributed by atoms with E-state index in [9.17, 15) is 0 Å². The van der Waals surface area contributed by atoms with Gasteiger partial charge in [-0.3, -0.25) is 0 Å². The highest BCUT2D eigenvalue weighted by atomic mass is 32.1. The van der Waals surface area contributed by atoms with Crippen LogP contribution in [0.15, 0.2) is 163 Å². The molecule has 1 saturated carbocycles. The molecular formula is C62H56BN3S2. The van der Waals surface area contributed by atoms with Crippen molar-refractivity contribution in [2.45, 2.75) is 95.4 Å². The fourth-order valence-corrected chi connectivity index (χ4v) is 14.5. The van der Waals surface area contributed by atoms with E-state index in [1.807, 2.05) is 11.3 Å². The van der Waals surface area contributed by atoms with Crippen molar-refractivity contribution < 1.29 is 0 Å². The second-order valence-electron chi connectivity index (χ2n) is 21.5. The van der Waals surface area contributed by atoms with Gasteiger partial charge in [0, 0.05) is 75.9 Å². The second kappa shape index (κ2) is 14.9. The first-order valence-electron chi connectivity index (χ1n) is 24.6. The molecule has 4 heterocycles. The van der Waals surface area contributed by atoms with Gasteiger partial charge in [0.15, 0.2) is 0 Å². The fraction of sp³-hybridized carbons (Fsp3) is 0.226. The average Bonchev–Trinajstić information content (AvgIpc) is 3.80. The summed E-state index contributed by atoms with van der Waals surface area (Å²) in [5.74, 6) is 0. The first-order chi connectivity index (χ1) is 32.8. The van der Waals surface area contributed by atoms with Gasteiger partial charge in [0.25, 0.3) is 6.71 Å². The molecule has 0 bridgehead atoms. The molecule has 9 aromatic rings. The number of hydrogen-bond acceptors (Lipinski definition) is 5. The van der Waals surface area contributed by atoms with Gasteiger partial charge in [-0.15, -0.1) is 24.0 Å². The molecule has 6 heteroatoms. The van der Waals surface area contributed by atoms with Crippen LogP contribution in [0.2, 0.25) is 0 Å². The Morgan fingerprint density at radius 2 is 1.29 bits per heavy atom. The van der Waals surface area contributed by atoms with Gasteiger partial charge < -0.3 is 14.7 Å². The Morgan fingerprint density at radius 1 is 0.574 bits per heavy atom. The summed E-state index contributed by atoms with van der Waals surface area (Å²) in [6.45, 7) is 16.7. The number of para-hydroxylation sites is 1. The summed E-state index contributed by atoms with van der Waals surface area (Å²) in [5, 5.41) is 2.62. The minimum Gasteiger partial charge on any atom is -0.334 e. The van der Waals surface area contributed by atoms with Crippen LogP contribution in [0, 0.1) is 13.8 Å². The number of nitrogens with zero attached hydrogens (tertiary/aromatic N) is 3. The normalized spacial score (nSPS) is 19.2. The smallest absolute Gasteiger partial charge is 0.252 e. The summed E-state index contributed by atoms with van der Waals surface area (Å²) in [7, 11) is 0. The van der Waals surface area contributed by atoms with Gasteiger partial charge in [0.1, 0.15) is 0 Å². The number of aryl methyl sites for hydroxylation is 2. The third-order valence-corrected chi connectivity index (χ3v) is 18.2. The molecule has 3 nitrogen and oxygen atoms in total. The van der Waals surface area contributed by atoms with Gasteiger partial charge in [0.05, 0.1) is 11.2 Å². The molecule has 0 spiro atoms. The van der Waals surface area contributed by atoms with Crippen LogP contribution < -0.4 is 31.1 Å². The third kappa shape index (κ3) is 5.86. The first kappa shape index (κ1) is 41.9. The minimum atomic E-state index is -0.0600. The molecule has 8 aromatic carbocycles. The molecule has 1 fully saturated rings. The molecule has 2 atom stereocenters. The van der Waals surface area contributed by atoms with Crippen LogP contribution in [0.3, 0.4) is 0 Å². The van der Waals surface area contributed by atoms with Crippen molar-refractivity contribution >= 4 is 113 Å². The largest absolute Gasteiger partial charge is 0.334 e. The van der Waals surface area contributed by atoms with Gasteiger partial charge in [0.2, 0.25) is 0 Å². The molecule has 0 N–H and O–H groups in total. The predicted molar refractivity (Wildman–Crippen MR) is 297 cm³/mol. The van der Waals surface area contributed by atoms with E-state index < -0.39 is 0 Å². The summed E-state index contributed by atoms with van der Waals surface area (Å²) < 4.78 is 2.64. The van der Waals surface area contributed by atoms with Crippen LogP contribution in [0.4, 0.5) is 45.5 Å². The van der Waals surface area contributed by atoms with E-state index in [1.165, 1.54) is 123 Å². The van der Waals surface area contributed by atoms with Gasteiger partial charge in [-0.05, 0) is 156 Å². The van der Waals surface area contributed by atoms with Crippen molar-refractivity contribution in [1.29, 1.82) is 0 Å². The number of anilines is 8. The predicted octanol–water partition coefficient (Wildman–Crippen LogP) is 15.7. The molecule has 0 saturated heterocycles. The molecule has 0 radical (unpaired) electrons. The second-order valence-corrected chi connectivity index (χ2v) is 23.1. The lowest BCUT2D eigenvalue weighted by Crippen LogP contribution is -2.61. The number of hydrogen-bond donors (Lipinski definition) is 1. The van der Waals surface area contributed by atoms with E-state index >= 15 is 0 Å². The fourth-order valence-electron chi connectivity index (χ4n) is 13.1. The van der Waals surface area contributed by atoms with Crippen LogP contribution in [0.25, 0.3) is 31.3 Å². The summed E-state index contributed by atoms with van der Waals surface area (Å²) in [6.07, 6.45) is 4.87. The quantitative estimate of drug-likeness (QED) is 0.139. The summed E-state index contributed by atoms with van der Waals surface area (Å²) in [4.78, 5) is 8.95. The Bertz CT molecular complexity index is 3580. The molecule has 1 aromatic heterocycles. The van der Waals surface area contributed by atoms with E-state index in [2.05, 4.69) is 221 Å². The van der Waals surface area contributed by atoms with E-state index in [0.717, 1.165) is 22.6 Å². The Labute approximate surface area is 411 Å². The van der Waals surface area contributed by atoms with E-state index in [1.54, 1.807) is 0 Å². The van der Waals surface area contributed by atoms with E-state index in [-0.39, 0.29) is 23.1 Å². The molecule has 2 unspecified atom stereocenters. The molecule has 0 amide bonds. The molecular weight excluding hydrogens is 862 g/mol. The standard InChI is InChI=1S/C62H56BN3S2/c1-38-33-53-59-54(34-38)65(51-22-16-17-39(2)58(51)44-19-8-12-23-55(44)67)50-29-25-40(60(3,4)5)35-48(50)63(59)47-28-26-42(66-49-21-11-10-20-46(49)61(6)31-14-15-32-62(61,66)7)37-52(47)64(53)41-27-30-57-45(36-41)43-18-9-13-24-56(43)68-57/h8-13,16-30,33-37,67H,14-15,31-32H2,1-7H3. The van der Waals surface area contributed by atoms with Crippen molar-refractivity contribution in [2.75, 3.05) is 14.7 Å². The van der Waals surface area contributed by atoms with Gasteiger partial charge in [-0.25, -0.2) is 0 Å². The van der Waals surface area contributed by atoms with Crippen LogP contribution in [0.1, 0.15) is 82.6 Å². The molecule has 4 aliphatic rings. The Hall–Kier alpha value is -6.21. The Kier molecular flexibility index (Phi) is 9.19. The van der Waals surface area contributed by atoms with E-state index in [4.69, 9.17) is 12.6 Å². The Balaban J connectivity index is 1.12. The summed E-state index contributed by atoms with van der Waals surface area (Å²) in [5.41, 5.74) is 21.5. The Morgan fingerprint density at radius 3 is 2.13 bits per heavy atom. The highest BCUT2D eigenvalue weighted by Gasteiger charge is 2.58. The minimum absolute atomic E-state index is 0.00743. The maximum atomic E-state index is 5.08. The molecule has 334 valence electrons. The third-order valence-electron chi connectivity index (χ3n) is 16.6. The molecule has 3 aliphatic heterocycles. The lowest BCUT2D eigenvalue weighted by molar-refractivity contribution is 0.195. The van der Waals surface area contributed by atoms with Crippen LogP contribution in [-0.4, -0.2) is 12.3 Å². The maximum absolute atomic E-state index is 5.08. The van der Waals surface area contributed by atoms with Crippen molar-refractivity contribution in [1.82, 2.24) is 0 Å². The molecule has 68 heavy (non-hydrogen) atoms. The topological polar surface area (TPSA) is 9.72 Å². The number of benzene rings is 8. The highest BCUT2D eigenvalue weighted by Crippen LogP contribution is 2.61. The van der Waals surface area contributed by atoms with Crippen LogP contribution in [-0.2, 0) is 10.8 Å². The first-order valence-corrected chi connectivity index (χ1v) is 25.8.